The van der Waals surface area contributed by atoms with Gasteiger partial charge in [-0.2, -0.15) is 42.6 Å². The Morgan fingerprint density at radius 2 is 1.75 bits per heavy atom. The fraction of sp³-hybridized carbons (Fsp3) is 0.485. The monoisotopic (exact) mass is 623 g/mol. The summed E-state index contributed by atoms with van der Waals surface area (Å²) in [5.74, 6) is -1.25. The maximum Gasteiger partial charge on any atom is 0.302 e. The topological polar surface area (TPSA) is 161 Å². The number of hydrogen-bond acceptors (Lipinski definition) is 6. The van der Waals surface area contributed by atoms with E-state index in [1.54, 1.807) is 0 Å². The summed E-state index contributed by atoms with van der Waals surface area (Å²) >= 11 is 4.64. The molecular formula is C33H43N4O6S-3. The molecule has 10 nitrogen and oxygen atoms in total. The second-order valence-corrected chi connectivity index (χ2v) is 12.8. The number of H-pyrrole nitrogens is 1. The highest BCUT2D eigenvalue weighted by Crippen LogP contribution is 2.39. The summed E-state index contributed by atoms with van der Waals surface area (Å²) in [5.41, 5.74) is 7.29. The van der Waals surface area contributed by atoms with Crippen molar-refractivity contribution in [3.8, 4) is 0 Å². The number of allylic oxidation sites excluding steroid dienone is 2. The summed E-state index contributed by atoms with van der Waals surface area (Å²) in [6.07, 6.45) is 6.95. The van der Waals surface area contributed by atoms with Crippen LogP contribution in [0, 0.1) is 37.5 Å². The van der Waals surface area contributed by atoms with Gasteiger partial charge in [0.05, 0.1) is 0 Å². The molecule has 0 bridgehead atoms. The highest BCUT2D eigenvalue weighted by atomic mass is 32.1. The number of aromatic nitrogens is 1. The van der Waals surface area contributed by atoms with Gasteiger partial charge in [0.25, 0.3) is 0 Å². The van der Waals surface area contributed by atoms with Gasteiger partial charge in [0.1, 0.15) is 0 Å². The van der Waals surface area contributed by atoms with Crippen molar-refractivity contribution in [1.29, 1.82) is 0 Å². The molecule has 0 aliphatic carbocycles. The van der Waals surface area contributed by atoms with Crippen LogP contribution in [0.15, 0.2) is 34.2 Å². The summed E-state index contributed by atoms with van der Waals surface area (Å²) in [6, 6.07) is -0.519. The van der Waals surface area contributed by atoms with Gasteiger partial charge in [0.15, 0.2) is 0 Å². The molecular weight excluding hydrogens is 580 g/mol. The van der Waals surface area contributed by atoms with Gasteiger partial charge in [0, 0.05) is 41.7 Å². The van der Waals surface area contributed by atoms with E-state index in [-0.39, 0.29) is 60.2 Å². The van der Waals surface area contributed by atoms with Crippen molar-refractivity contribution in [2.24, 2.45) is 11.8 Å². The summed E-state index contributed by atoms with van der Waals surface area (Å²) in [5, 5.41) is 28.5. The smallest absolute Gasteiger partial charge is 0.302 e. The minimum atomic E-state index is -0.911. The predicted octanol–water partition coefficient (Wildman–Crippen LogP) is 3.94. The van der Waals surface area contributed by atoms with E-state index >= 15 is 0 Å². The minimum absolute atomic E-state index is 0.0167. The summed E-state index contributed by atoms with van der Waals surface area (Å²) < 4.78 is 0. The molecule has 1 fully saturated rings. The molecule has 4 rings (SSSR count). The van der Waals surface area contributed by atoms with Crippen LogP contribution >= 0.6 is 12.6 Å². The van der Waals surface area contributed by atoms with E-state index in [9.17, 15) is 29.4 Å². The Hall–Kier alpha value is -3.86. The van der Waals surface area contributed by atoms with Crippen LogP contribution in [-0.2, 0) is 25.6 Å². The fourth-order valence-corrected chi connectivity index (χ4v) is 7.04. The zero-order valence-electron chi connectivity index (χ0n) is 26.1. The second kappa shape index (κ2) is 13.4. The van der Waals surface area contributed by atoms with Crippen molar-refractivity contribution in [1.82, 2.24) is 20.9 Å². The van der Waals surface area contributed by atoms with E-state index in [0.717, 1.165) is 45.2 Å². The van der Waals surface area contributed by atoms with Crippen LogP contribution in [0.4, 0.5) is 0 Å². The first-order valence-corrected chi connectivity index (χ1v) is 15.6. The zero-order valence-corrected chi connectivity index (χ0v) is 27.0. The van der Waals surface area contributed by atoms with Gasteiger partial charge in [-0.05, 0) is 19.3 Å². The lowest BCUT2D eigenvalue weighted by Crippen LogP contribution is -2.31. The molecule has 11 heteroatoms. The molecule has 0 saturated carbocycles. The van der Waals surface area contributed by atoms with E-state index in [1.807, 2.05) is 60.5 Å². The van der Waals surface area contributed by atoms with E-state index < -0.39 is 11.9 Å². The lowest BCUT2D eigenvalue weighted by molar-refractivity contribution is -0.138. The zero-order chi connectivity index (χ0) is 32.5. The number of hydrogen-bond donors (Lipinski definition) is 7. The average Bonchev–Trinajstić information content (AvgIpc) is 3.59. The molecule has 4 heterocycles. The summed E-state index contributed by atoms with van der Waals surface area (Å²) in [7, 11) is 0. The number of carbonyl (C=O) groups is 4. The van der Waals surface area contributed by atoms with Gasteiger partial charge in [-0.3, -0.25) is 19.2 Å². The molecule has 1 aromatic rings. The van der Waals surface area contributed by atoms with Gasteiger partial charge in [-0.1, -0.05) is 57.5 Å². The van der Waals surface area contributed by atoms with E-state index in [2.05, 4.69) is 33.6 Å². The summed E-state index contributed by atoms with van der Waals surface area (Å²) in [6.45, 7) is 11.6. The largest absolute Gasteiger partial charge is 0.481 e. The Labute approximate surface area is 264 Å². The van der Waals surface area contributed by atoms with Gasteiger partial charge >= 0.3 is 11.9 Å². The summed E-state index contributed by atoms with van der Waals surface area (Å²) in [4.78, 5) is 51.5. The molecule has 3 aliphatic heterocycles. The Kier molecular flexibility index (Phi) is 10.1. The molecule has 2 unspecified atom stereocenters. The highest BCUT2D eigenvalue weighted by Gasteiger charge is 2.39. The number of carbonyl (C=O) groups excluding carboxylic acids is 2. The third-order valence-electron chi connectivity index (χ3n) is 9.18. The Morgan fingerprint density at radius 1 is 1.09 bits per heavy atom. The van der Waals surface area contributed by atoms with Crippen molar-refractivity contribution < 1.29 is 29.4 Å². The average molecular weight is 624 g/mol. The number of rotatable bonds is 13. The molecule has 44 heavy (non-hydrogen) atoms. The predicted molar refractivity (Wildman–Crippen MR) is 170 cm³/mol. The fourth-order valence-electron chi connectivity index (χ4n) is 6.59. The number of nitrogens with one attached hydrogen (secondary N) is 4. The highest BCUT2D eigenvalue weighted by molar-refractivity contribution is 7.80. The lowest BCUT2D eigenvalue weighted by Gasteiger charge is -2.28. The quantitative estimate of drug-likeness (QED) is 0.129. The minimum Gasteiger partial charge on any atom is -0.481 e. The molecule has 1 aromatic heterocycles. The van der Waals surface area contributed by atoms with Crippen molar-refractivity contribution in [3.63, 3.8) is 0 Å². The number of amides is 2. The van der Waals surface area contributed by atoms with Gasteiger partial charge < -0.3 is 31.1 Å². The maximum absolute atomic E-state index is 12.5. The molecule has 5 atom stereocenters. The number of aromatic amines is 1. The second-order valence-electron chi connectivity index (χ2n) is 12.0. The Balaban J connectivity index is 1.68. The molecule has 2 amide bonds. The van der Waals surface area contributed by atoms with Crippen LogP contribution in [0.2, 0.25) is 0 Å². The first-order chi connectivity index (χ1) is 20.7. The Bertz CT molecular complexity index is 1440. The van der Waals surface area contributed by atoms with Crippen LogP contribution in [0.5, 0.6) is 0 Å². The lowest BCUT2D eigenvalue weighted by atomic mass is 9.87. The number of thiol groups is 1. The van der Waals surface area contributed by atoms with Crippen LogP contribution in [0.25, 0.3) is 0 Å². The van der Waals surface area contributed by atoms with Crippen LogP contribution in [-0.4, -0.2) is 56.3 Å². The molecule has 0 radical (unpaired) electrons. The van der Waals surface area contributed by atoms with Crippen LogP contribution in [0.1, 0.15) is 82.8 Å². The molecule has 0 spiro atoms. The van der Waals surface area contributed by atoms with Crippen LogP contribution < -0.4 is 16.0 Å². The van der Waals surface area contributed by atoms with E-state index in [4.69, 9.17) is 0 Å². The standard InChI is InChI=1S/C33H43N4O6S/c1-7-20-15(2)25(36-33(20)43)12-23-16(3)21(8-10-29(38)39)26(34-23)14-27-22(9-11-30(40)41)17(4)24(35-27)13-28-31(19(6)44)18(5)32(42)37-28/h12-14,18-19,25,28,31,34-35,44H,7-11H2,1-6H3,(H,36,43)(H,37,42)(H,38,39)(H,40,41)/q-3/b24-13-/t18-,19-,25?,28?,31-/m0/s1. The van der Waals surface area contributed by atoms with Crippen molar-refractivity contribution in [2.45, 2.75) is 91.0 Å². The van der Waals surface area contributed by atoms with Gasteiger partial charge in [-0.15, -0.1) is 18.7 Å². The normalized spacial score (nSPS) is 25.0. The first-order valence-electron chi connectivity index (χ1n) is 15.1. The van der Waals surface area contributed by atoms with Crippen molar-refractivity contribution >= 4 is 36.4 Å². The van der Waals surface area contributed by atoms with Gasteiger partial charge in [-0.25, -0.2) is 11.1 Å². The third-order valence-corrected chi connectivity index (χ3v) is 9.52. The number of carboxylic acid groups (broad SMARTS) is 2. The number of carboxylic acids is 2. The third kappa shape index (κ3) is 6.77. The van der Waals surface area contributed by atoms with Gasteiger partial charge in [0.2, 0.25) is 11.8 Å². The molecule has 0 aromatic carbocycles. The number of aliphatic carboxylic acids is 2. The van der Waals surface area contributed by atoms with E-state index in [0.29, 0.717) is 24.2 Å². The van der Waals surface area contributed by atoms with Crippen molar-refractivity contribution in [3.05, 3.63) is 75.5 Å². The van der Waals surface area contributed by atoms with Crippen LogP contribution in [0.3, 0.4) is 0 Å². The SMILES string of the molecule is CCC1=C(C)C([CH-]c2[nH]c([CH-]C3=C(CCC(=O)O)[C-](C)/C(=C/C4NC(=O)[C@@H](C)[C@H]4[C@H](C)S)N3)c(CCC(=O)O)c2C)NC1=O. The Morgan fingerprint density at radius 3 is 2.34 bits per heavy atom. The van der Waals surface area contributed by atoms with Crippen molar-refractivity contribution in [2.75, 3.05) is 0 Å². The maximum atomic E-state index is 12.5. The molecule has 1 saturated heterocycles. The molecule has 3 aliphatic rings. The van der Waals surface area contributed by atoms with E-state index in [1.165, 1.54) is 0 Å². The first kappa shape index (κ1) is 33.0. The molecule has 240 valence electrons. The molecule has 6 N–H and O–H groups in total.